The van der Waals surface area contributed by atoms with Gasteiger partial charge in [0, 0.05) is 13.0 Å². The van der Waals surface area contributed by atoms with Crippen LogP contribution in [0.15, 0.2) is 24.3 Å². The molecule has 0 aliphatic carbocycles. The lowest BCUT2D eigenvalue weighted by atomic mass is 9.99. The summed E-state index contributed by atoms with van der Waals surface area (Å²) in [5.74, 6) is 1.44. The zero-order valence-corrected chi connectivity index (χ0v) is 12.1. The van der Waals surface area contributed by atoms with E-state index in [2.05, 4.69) is 6.92 Å². The molecule has 4 heteroatoms. The third-order valence-electron chi connectivity index (χ3n) is 2.81. The van der Waals surface area contributed by atoms with Gasteiger partial charge in [-0.3, -0.25) is 0 Å². The largest absolute Gasteiger partial charge is 0.490 e. The molecular formula is C15H25NO3. The Kier molecular flexibility index (Phi) is 6.12. The first-order chi connectivity index (χ1) is 8.98. The molecule has 0 radical (unpaired) electrons. The average molecular weight is 267 g/mol. The molecular weight excluding hydrogens is 242 g/mol. The third-order valence-corrected chi connectivity index (χ3v) is 2.81. The quantitative estimate of drug-likeness (QED) is 0.759. The van der Waals surface area contributed by atoms with Crippen molar-refractivity contribution in [1.82, 2.24) is 0 Å². The fourth-order valence-electron chi connectivity index (χ4n) is 1.84. The van der Waals surface area contributed by atoms with Gasteiger partial charge in [0.15, 0.2) is 11.5 Å². The summed E-state index contributed by atoms with van der Waals surface area (Å²) < 4.78 is 11.5. The summed E-state index contributed by atoms with van der Waals surface area (Å²) in [5.41, 5.74) is 4.61. The minimum absolute atomic E-state index is 0.134. The number of rotatable bonds is 8. The number of hydrogen-bond acceptors (Lipinski definition) is 4. The van der Waals surface area contributed by atoms with Crippen molar-refractivity contribution in [2.45, 2.75) is 45.3 Å². The summed E-state index contributed by atoms with van der Waals surface area (Å²) in [7, 11) is 0. The molecule has 1 aromatic rings. The molecule has 3 N–H and O–H groups in total. The van der Waals surface area contributed by atoms with E-state index in [4.69, 9.17) is 15.2 Å². The zero-order chi connectivity index (χ0) is 14.3. The third kappa shape index (κ3) is 5.49. The molecule has 2 unspecified atom stereocenters. The second kappa shape index (κ2) is 7.36. The normalized spacial score (nSPS) is 15.6. The molecule has 0 aliphatic heterocycles. The number of ether oxygens (including phenoxy) is 2. The fraction of sp³-hybridized carbons (Fsp3) is 0.600. The number of hydrogen-bond donors (Lipinski definition) is 2. The molecule has 0 aliphatic rings. The lowest BCUT2D eigenvalue weighted by Gasteiger charge is -2.26. The standard InChI is InChI=1S/C15H25NO3/c1-4-9-18-13-7-5-6-8-14(13)19-12(2)10-15(3,17)11-16/h5-8,12,17H,4,9-11,16H2,1-3H3. The molecule has 1 rings (SSSR count). The van der Waals surface area contributed by atoms with Crippen LogP contribution < -0.4 is 15.2 Å². The Balaban J connectivity index is 2.65. The van der Waals surface area contributed by atoms with Crippen molar-refractivity contribution in [2.75, 3.05) is 13.2 Å². The van der Waals surface area contributed by atoms with E-state index < -0.39 is 5.60 Å². The number of benzene rings is 1. The molecule has 0 bridgehead atoms. The van der Waals surface area contributed by atoms with E-state index in [0.29, 0.717) is 18.8 Å². The van der Waals surface area contributed by atoms with Crippen molar-refractivity contribution in [3.8, 4) is 11.5 Å². The van der Waals surface area contributed by atoms with E-state index in [-0.39, 0.29) is 12.6 Å². The molecule has 19 heavy (non-hydrogen) atoms. The molecule has 2 atom stereocenters. The van der Waals surface area contributed by atoms with Crippen LogP contribution in [0.25, 0.3) is 0 Å². The Bertz CT molecular complexity index is 379. The second-order valence-corrected chi connectivity index (χ2v) is 5.13. The topological polar surface area (TPSA) is 64.7 Å². The predicted octanol–water partition coefficient (Wildman–Crippen LogP) is 2.34. The van der Waals surface area contributed by atoms with Gasteiger partial charge < -0.3 is 20.3 Å². The van der Waals surface area contributed by atoms with Gasteiger partial charge in [0.2, 0.25) is 0 Å². The zero-order valence-electron chi connectivity index (χ0n) is 12.1. The molecule has 108 valence electrons. The van der Waals surface area contributed by atoms with Crippen molar-refractivity contribution in [3.05, 3.63) is 24.3 Å². The molecule has 0 saturated carbocycles. The molecule has 0 heterocycles. The number of para-hydroxylation sites is 2. The Hall–Kier alpha value is -1.26. The van der Waals surface area contributed by atoms with Crippen LogP contribution in [0, 0.1) is 0 Å². The van der Waals surface area contributed by atoms with Crippen LogP contribution in [0.2, 0.25) is 0 Å². The number of aliphatic hydroxyl groups is 1. The summed E-state index contributed by atoms with van der Waals surface area (Å²) in [4.78, 5) is 0. The van der Waals surface area contributed by atoms with Gasteiger partial charge in [0.1, 0.15) is 0 Å². The molecule has 0 saturated heterocycles. The smallest absolute Gasteiger partial charge is 0.161 e. The van der Waals surface area contributed by atoms with E-state index in [1.54, 1.807) is 6.92 Å². The average Bonchev–Trinajstić information content (AvgIpc) is 2.37. The second-order valence-electron chi connectivity index (χ2n) is 5.13. The highest BCUT2D eigenvalue weighted by Crippen LogP contribution is 2.28. The van der Waals surface area contributed by atoms with Crippen molar-refractivity contribution < 1.29 is 14.6 Å². The van der Waals surface area contributed by atoms with Gasteiger partial charge in [-0.15, -0.1) is 0 Å². The summed E-state index contributed by atoms with van der Waals surface area (Å²) >= 11 is 0. The minimum Gasteiger partial charge on any atom is -0.490 e. The van der Waals surface area contributed by atoms with Crippen LogP contribution in [-0.4, -0.2) is 30.0 Å². The van der Waals surface area contributed by atoms with Crippen molar-refractivity contribution in [1.29, 1.82) is 0 Å². The maximum Gasteiger partial charge on any atom is 0.161 e. The van der Waals surface area contributed by atoms with Crippen LogP contribution in [-0.2, 0) is 0 Å². The Morgan fingerprint density at radius 3 is 2.53 bits per heavy atom. The van der Waals surface area contributed by atoms with E-state index in [9.17, 15) is 5.11 Å². The first-order valence-electron chi connectivity index (χ1n) is 6.79. The maximum absolute atomic E-state index is 9.95. The highest BCUT2D eigenvalue weighted by molar-refractivity contribution is 5.39. The molecule has 1 aromatic carbocycles. The van der Waals surface area contributed by atoms with Crippen LogP contribution in [0.3, 0.4) is 0 Å². The summed E-state index contributed by atoms with van der Waals surface area (Å²) in [6.07, 6.45) is 1.29. The Morgan fingerprint density at radius 1 is 1.32 bits per heavy atom. The van der Waals surface area contributed by atoms with Crippen molar-refractivity contribution in [3.63, 3.8) is 0 Å². The Morgan fingerprint density at radius 2 is 1.95 bits per heavy atom. The first kappa shape index (κ1) is 15.8. The van der Waals surface area contributed by atoms with E-state index >= 15 is 0 Å². The first-order valence-corrected chi connectivity index (χ1v) is 6.79. The molecule has 0 amide bonds. The van der Waals surface area contributed by atoms with Crippen molar-refractivity contribution in [2.24, 2.45) is 5.73 Å². The fourth-order valence-corrected chi connectivity index (χ4v) is 1.84. The summed E-state index contributed by atoms with van der Waals surface area (Å²) in [6.45, 7) is 6.57. The van der Waals surface area contributed by atoms with Gasteiger partial charge in [0.05, 0.1) is 18.3 Å². The minimum atomic E-state index is -0.904. The lowest BCUT2D eigenvalue weighted by Crippen LogP contribution is -2.38. The summed E-state index contributed by atoms with van der Waals surface area (Å²) in [5, 5.41) is 9.95. The van der Waals surface area contributed by atoms with Crippen LogP contribution >= 0.6 is 0 Å². The molecule has 0 aromatic heterocycles. The van der Waals surface area contributed by atoms with Crippen LogP contribution in [0.5, 0.6) is 11.5 Å². The lowest BCUT2D eigenvalue weighted by molar-refractivity contribution is 0.0229. The summed E-state index contributed by atoms with van der Waals surface area (Å²) in [6, 6.07) is 7.58. The Labute approximate surface area is 115 Å². The SMILES string of the molecule is CCCOc1ccccc1OC(C)CC(C)(O)CN. The highest BCUT2D eigenvalue weighted by Gasteiger charge is 2.23. The molecule has 4 nitrogen and oxygen atoms in total. The van der Waals surface area contributed by atoms with Crippen LogP contribution in [0.1, 0.15) is 33.6 Å². The van der Waals surface area contributed by atoms with Gasteiger partial charge in [-0.05, 0) is 32.4 Å². The van der Waals surface area contributed by atoms with Crippen LogP contribution in [0.4, 0.5) is 0 Å². The highest BCUT2D eigenvalue weighted by atomic mass is 16.5. The van der Waals surface area contributed by atoms with Crippen molar-refractivity contribution >= 4 is 0 Å². The van der Waals surface area contributed by atoms with E-state index in [1.807, 2.05) is 31.2 Å². The predicted molar refractivity (Wildman–Crippen MR) is 76.6 cm³/mol. The van der Waals surface area contributed by atoms with Gasteiger partial charge in [-0.1, -0.05) is 19.1 Å². The monoisotopic (exact) mass is 267 g/mol. The van der Waals surface area contributed by atoms with Gasteiger partial charge in [-0.25, -0.2) is 0 Å². The van der Waals surface area contributed by atoms with Gasteiger partial charge in [0.25, 0.3) is 0 Å². The maximum atomic E-state index is 9.95. The van der Waals surface area contributed by atoms with Gasteiger partial charge in [-0.2, -0.15) is 0 Å². The van der Waals surface area contributed by atoms with E-state index in [1.165, 1.54) is 0 Å². The number of nitrogens with two attached hydrogens (primary N) is 1. The van der Waals surface area contributed by atoms with E-state index in [0.717, 1.165) is 12.2 Å². The molecule has 0 fully saturated rings. The van der Waals surface area contributed by atoms with Gasteiger partial charge >= 0.3 is 0 Å². The molecule has 0 spiro atoms.